The lowest BCUT2D eigenvalue weighted by atomic mass is 9.85. The summed E-state index contributed by atoms with van der Waals surface area (Å²) < 4.78 is 19.5. The quantitative estimate of drug-likeness (QED) is 0.639. The fourth-order valence-corrected chi connectivity index (χ4v) is 5.18. The highest BCUT2D eigenvalue weighted by molar-refractivity contribution is 5.28. The molecule has 1 aromatic heterocycles. The molecule has 0 spiro atoms. The molecule has 31 heavy (non-hydrogen) atoms. The van der Waals surface area contributed by atoms with Gasteiger partial charge >= 0.3 is 0 Å². The largest absolute Gasteiger partial charge is 0.489 e. The van der Waals surface area contributed by atoms with E-state index in [0.29, 0.717) is 11.5 Å². The summed E-state index contributed by atoms with van der Waals surface area (Å²) >= 11 is 0. The van der Waals surface area contributed by atoms with Crippen LogP contribution in [-0.4, -0.2) is 28.1 Å². The third-order valence-electron chi connectivity index (χ3n) is 6.82. The third kappa shape index (κ3) is 4.08. The van der Waals surface area contributed by atoms with E-state index in [0.717, 1.165) is 43.9 Å². The highest BCUT2D eigenvalue weighted by atomic mass is 19.1. The molecule has 1 aliphatic heterocycles. The van der Waals surface area contributed by atoms with Gasteiger partial charge < -0.3 is 9.84 Å². The van der Waals surface area contributed by atoms with Crippen molar-refractivity contribution in [3.05, 3.63) is 95.6 Å². The number of likely N-dealkylation sites (tertiary alicyclic amines) is 1. The molecule has 3 aromatic rings. The molecule has 2 aromatic carbocycles. The van der Waals surface area contributed by atoms with Gasteiger partial charge in [-0.1, -0.05) is 36.4 Å². The van der Waals surface area contributed by atoms with E-state index in [9.17, 15) is 9.50 Å². The first-order valence-corrected chi connectivity index (χ1v) is 10.9. The first kappa shape index (κ1) is 20.2. The molecule has 0 amide bonds. The number of aromatic nitrogens is 1. The molecule has 5 heteroatoms. The van der Waals surface area contributed by atoms with Crippen LogP contribution in [0.1, 0.15) is 29.7 Å². The Balaban J connectivity index is 1.19. The Morgan fingerprint density at radius 1 is 1.03 bits per heavy atom. The predicted molar refractivity (Wildman–Crippen MR) is 117 cm³/mol. The minimum Gasteiger partial charge on any atom is -0.489 e. The van der Waals surface area contributed by atoms with Gasteiger partial charge in [-0.2, -0.15) is 0 Å². The molecule has 4 nitrogen and oxygen atoms in total. The number of hydrogen-bond acceptors (Lipinski definition) is 4. The SMILES string of the molecule is OC1(c2ccccn2)CCC2CN(Cc3ccc(OCc4ccccc4F)cc3)CC21. The molecule has 2 heterocycles. The lowest BCUT2D eigenvalue weighted by Gasteiger charge is -2.29. The van der Waals surface area contributed by atoms with Gasteiger partial charge in [-0.25, -0.2) is 4.39 Å². The van der Waals surface area contributed by atoms with Gasteiger partial charge in [-0.3, -0.25) is 9.88 Å². The number of benzene rings is 2. The van der Waals surface area contributed by atoms with Crippen molar-refractivity contribution in [2.75, 3.05) is 13.1 Å². The second-order valence-electron chi connectivity index (χ2n) is 8.76. The average Bonchev–Trinajstić information content (AvgIpc) is 3.35. The molecule has 1 saturated heterocycles. The Morgan fingerprint density at radius 3 is 2.61 bits per heavy atom. The van der Waals surface area contributed by atoms with Crippen molar-refractivity contribution in [1.29, 1.82) is 0 Å². The van der Waals surface area contributed by atoms with Crippen LogP contribution in [0.4, 0.5) is 4.39 Å². The molecule has 0 radical (unpaired) electrons. The second kappa shape index (κ2) is 8.40. The van der Waals surface area contributed by atoms with E-state index < -0.39 is 5.60 Å². The van der Waals surface area contributed by atoms with Crippen molar-refractivity contribution >= 4 is 0 Å². The second-order valence-corrected chi connectivity index (χ2v) is 8.76. The van der Waals surface area contributed by atoms with Crippen molar-refractivity contribution < 1.29 is 14.2 Å². The van der Waals surface area contributed by atoms with Crippen LogP contribution in [-0.2, 0) is 18.8 Å². The Kier molecular flexibility index (Phi) is 5.47. The molecule has 1 N–H and O–H groups in total. The van der Waals surface area contributed by atoms with E-state index in [1.807, 2.05) is 36.4 Å². The highest BCUT2D eigenvalue weighted by Crippen LogP contribution is 2.50. The van der Waals surface area contributed by atoms with Crippen LogP contribution in [0.5, 0.6) is 5.75 Å². The number of ether oxygens (including phenoxy) is 1. The van der Waals surface area contributed by atoms with Gasteiger partial charge in [0.1, 0.15) is 23.8 Å². The molecule has 1 aliphatic carbocycles. The number of hydrogen-bond donors (Lipinski definition) is 1. The summed E-state index contributed by atoms with van der Waals surface area (Å²) in [6, 6.07) is 20.5. The summed E-state index contributed by atoms with van der Waals surface area (Å²) in [5.41, 5.74) is 1.75. The summed E-state index contributed by atoms with van der Waals surface area (Å²) in [4.78, 5) is 6.88. The first-order chi connectivity index (χ1) is 15.1. The van der Waals surface area contributed by atoms with Crippen molar-refractivity contribution in [3.8, 4) is 5.75 Å². The van der Waals surface area contributed by atoms with Crippen LogP contribution in [0.25, 0.3) is 0 Å². The fraction of sp³-hybridized carbons (Fsp3) is 0.346. The summed E-state index contributed by atoms with van der Waals surface area (Å²) in [6.07, 6.45) is 3.60. The molecule has 0 bridgehead atoms. The number of aliphatic hydroxyl groups is 1. The van der Waals surface area contributed by atoms with Crippen LogP contribution >= 0.6 is 0 Å². The van der Waals surface area contributed by atoms with Crippen LogP contribution in [0.15, 0.2) is 72.9 Å². The van der Waals surface area contributed by atoms with Crippen molar-refractivity contribution in [2.24, 2.45) is 11.8 Å². The smallest absolute Gasteiger partial charge is 0.129 e. The zero-order valence-electron chi connectivity index (χ0n) is 17.5. The fourth-order valence-electron chi connectivity index (χ4n) is 5.18. The average molecular weight is 419 g/mol. The maximum atomic E-state index is 13.7. The van der Waals surface area contributed by atoms with Gasteiger partial charge in [-0.15, -0.1) is 0 Å². The molecular formula is C26H27FN2O2. The lowest BCUT2D eigenvalue weighted by molar-refractivity contribution is -0.0108. The number of rotatable bonds is 6. The van der Waals surface area contributed by atoms with Crippen molar-refractivity contribution in [1.82, 2.24) is 9.88 Å². The molecule has 5 rings (SSSR count). The van der Waals surface area contributed by atoms with E-state index in [4.69, 9.17) is 4.74 Å². The maximum absolute atomic E-state index is 13.7. The zero-order chi connectivity index (χ0) is 21.3. The van der Waals surface area contributed by atoms with Crippen LogP contribution < -0.4 is 4.74 Å². The Bertz CT molecular complexity index is 1030. The van der Waals surface area contributed by atoms with Gasteiger partial charge in [0.15, 0.2) is 0 Å². The van der Waals surface area contributed by atoms with E-state index in [2.05, 4.69) is 22.0 Å². The Hall–Kier alpha value is -2.76. The molecule has 2 aliphatic rings. The topological polar surface area (TPSA) is 45.6 Å². The monoisotopic (exact) mass is 418 g/mol. The minimum absolute atomic E-state index is 0.216. The van der Waals surface area contributed by atoms with E-state index in [1.54, 1.807) is 18.3 Å². The normalized spacial score (nSPS) is 25.5. The third-order valence-corrected chi connectivity index (χ3v) is 6.82. The summed E-state index contributed by atoms with van der Waals surface area (Å²) in [5.74, 6) is 1.22. The first-order valence-electron chi connectivity index (χ1n) is 10.9. The summed E-state index contributed by atoms with van der Waals surface area (Å²) in [6.45, 7) is 2.95. The Labute approximate surface area is 182 Å². The molecule has 160 valence electrons. The van der Waals surface area contributed by atoms with E-state index >= 15 is 0 Å². The minimum atomic E-state index is -0.814. The summed E-state index contributed by atoms with van der Waals surface area (Å²) in [5, 5.41) is 11.4. The highest BCUT2D eigenvalue weighted by Gasteiger charge is 2.52. The van der Waals surface area contributed by atoms with Gasteiger partial charge in [0.05, 0.1) is 5.69 Å². The number of pyridine rings is 1. The number of nitrogens with zero attached hydrogens (tertiary/aromatic N) is 2. The molecule has 2 fully saturated rings. The summed E-state index contributed by atoms with van der Waals surface area (Å²) in [7, 11) is 0. The van der Waals surface area contributed by atoms with Crippen LogP contribution in [0.3, 0.4) is 0 Å². The van der Waals surface area contributed by atoms with Crippen molar-refractivity contribution in [3.63, 3.8) is 0 Å². The molecule has 3 atom stereocenters. The van der Waals surface area contributed by atoms with Gasteiger partial charge in [0, 0.05) is 37.3 Å². The van der Waals surface area contributed by atoms with Gasteiger partial charge in [0.2, 0.25) is 0 Å². The van der Waals surface area contributed by atoms with Gasteiger partial charge in [0.25, 0.3) is 0 Å². The molecule has 3 unspecified atom stereocenters. The lowest BCUT2D eigenvalue weighted by Crippen LogP contribution is -2.35. The molecule has 1 saturated carbocycles. The van der Waals surface area contributed by atoms with Gasteiger partial charge in [-0.05, 0) is 54.7 Å². The zero-order valence-corrected chi connectivity index (χ0v) is 17.5. The van der Waals surface area contributed by atoms with E-state index in [-0.39, 0.29) is 18.3 Å². The Morgan fingerprint density at radius 2 is 1.84 bits per heavy atom. The van der Waals surface area contributed by atoms with Crippen molar-refractivity contribution in [2.45, 2.75) is 31.6 Å². The number of halogens is 1. The van der Waals surface area contributed by atoms with Crippen LogP contribution in [0.2, 0.25) is 0 Å². The maximum Gasteiger partial charge on any atom is 0.129 e. The molecular weight excluding hydrogens is 391 g/mol. The predicted octanol–water partition coefficient (Wildman–Crippen LogP) is 4.53. The number of fused-ring (bicyclic) bond motifs is 1. The van der Waals surface area contributed by atoms with Crippen LogP contribution in [0, 0.1) is 17.7 Å². The van der Waals surface area contributed by atoms with E-state index in [1.165, 1.54) is 11.6 Å². The standard InChI is InChI=1S/C26H27FN2O2/c27-24-6-2-1-5-21(24)18-31-22-10-8-19(9-11-22)15-29-16-20-12-13-26(30,23(20)17-29)25-7-3-4-14-28-25/h1-11,14,20,23,30H,12-13,15-18H2.